The largest absolute Gasteiger partial charge is 0.480 e. The Morgan fingerprint density at radius 1 is 1.00 bits per heavy atom. The molecule has 21 heavy (non-hydrogen) atoms. The van der Waals surface area contributed by atoms with E-state index in [2.05, 4.69) is 5.32 Å². The second-order valence-corrected chi connectivity index (χ2v) is 6.46. The molecule has 6 heteroatoms. The second-order valence-electron chi connectivity index (χ2n) is 4.42. The van der Waals surface area contributed by atoms with Gasteiger partial charge in [0.2, 0.25) is 0 Å². The number of hydrogen-bond donors (Lipinski definition) is 2. The van der Waals surface area contributed by atoms with Crippen molar-refractivity contribution in [3.63, 3.8) is 0 Å². The van der Waals surface area contributed by atoms with E-state index in [9.17, 15) is 13.2 Å². The molecule has 2 aromatic rings. The zero-order valence-electron chi connectivity index (χ0n) is 11.1. The molecule has 0 heterocycles. The Bertz CT molecular complexity index is 699. The zero-order chi connectivity index (χ0) is 15.3. The molecular formula is C15H15NO4S. The summed E-state index contributed by atoms with van der Waals surface area (Å²) in [6, 6.07) is 16.5. The third-order valence-corrected chi connectivity index (χ3v) is 4.91. The molecule has 5 nitrogen and oxygen atoms in total. The lowest BCUT2D eigenvalue weighted by Gasteiger charge is -2.19. The second kappa shape index (κ2) is 6.51. The van der Waals surface area contributed by atoms with Crippen LogP contribution in [0.5, 0.6) is 0 Å². The van der Waals surface area contributed by atoms with Gasteiger partial charge in [0.25, 0.3) is 0 Å². The Morgan fingerprint density at radius 2 is 1.52 bits per heavy atom. The van der Waals surface area contributed by atoms with Crippen molar-refractivity contribution in [1.82, 2.24) is 5.32 Å². The van der Waals surface area contributed by atoms with Gasteiger partial charge >= 0.3 is 5.97 Å². The maximum absolute atomic E-state index is 12.7. The molecule has 0 saturated heterocycles. The van der Waals surface area contributed by atoms with Gasteiger partial charge in [-0.2, -0.15) is 0 Å². The molecule has 0 aliphatic carbocycles. The Morgan fingerprint density at radius 3 is 2.05 bits per heavy atom. The summed E-state index contributed by atoms with van der Waals surface area (Å²) in [5.41, 5.74) is 0.502. The SMILES string of the molecule is O=C(O)CNC(c1ccccc1)S(=O)(=O)c1ccccc1. The van der Waals surface area contributed by atoms with Crippen molar-refractivity contribution in [2.45, 2.75) is 10.3 Å². The minimum atomic E-state index is -3.72. The summed E-state index contributed by atoms with van der Waals surface area (Å²) in [6.45, 7) is -0.439. The van der Waals surface area contributed by atoms with Gasteiger partial charge in [-0.1, -0.05) is 48.5 Å². The lowest BCUT2D eigenvalue weighted by atomic mass is 10.2. The van der Waals surface area contributed by atoms with Crippen molar-refractivity contribution in [2.24, 2.45) is 0 Å². The van der Waals surface area contributed by atoms with Crippen LogP contribution in [-0.4, -0.2) is 26.0 Å². The number of carboxylic acids is 1. The molecule has 0 amide bonds. The third-order valence-electron chi connectivity index (χ3n) is 2.92. The molecule has 0 radical (unpaired) electrons. The lowest BCUT2D eigenvalue weighted by molar-refractivity contribution is -0.136. The average molecular weight is 305 g/mol. The topological polar surface area (TPSA) is 83.5 Å². The highest BCUT2D eigenvalue weighted by Crippen LogP contribution is 2.26. The summed E-state index contributed by atoms with van der Waals surface area (Å²) >= 11 is 0. The van der Waals surface area contributed by atoms with Gasteiger partial charge in [0.1, 0.15) is 5.37 Å². The average Bonchev–Trinajstić information content (AvgIpc) is 2.49. The van der Waals surface area contributed by atoms with E-state index in [1.165, 1.54) is 12.1 Å². The fraction of sp³-hybridized carbons (Fsp3) is 0.133. The van der Waals surface area contributed by atoms with E-state index in [4.69, 9.17) is 5.11 Å². The van der Waals surface area contributed by atoms with Crippen molar-refractivity contribution < 1.29 is 18.3 Å². The molecule has 0 aromatic heterocycles. The Balaban J connectivity index is 2.42. The predicted octanol–water partition coefficient (Wildman–Crippen LogP) is 1.83. The molecule has 110 valence electrons. The summed E-state index contributed by atoms with van der Waals surface area (Å²) in [6.07, 6.45) is 0. The lowest BCUT2D eigenvalue weighted by Crippen LogP contribution is -2.32. The van der Waals surface area contributed by atoms with Crippen molar-refractivity contribution in [1.29, 1.82) is 0 Å². The molecule has 2 N–H and O–H groups in total. The van der Waals surface area contributed by atoms with E-state index in [1.807, 2.05) is 0 Å². The number of carboxylic acid groups (broad SMARTS) is 1. The Labute approximate surface area is 123 Å². The first kappa shape index (κ1) is 15.2. The standard InChI is InChI=1S/C15H15NO4S/c17-14(18)11-16-15(12-7-3-1-4-8-12)21(19,20)13-9-5-2-6-10-13/h1-10,15-16H,11H2,(H,17,18). The molecule has 2 rings (SSSR count). The summed E-state index contributed by atoms with van der Waals surface area (Å²) in [5.74, 6) is -1.11. The molecule has 1 unspecified atom stereocenters. The monoisotopic (exact) mass is 305 g/mol. The first-order chi connectivity index (χ1) is 10.0. The number of benzene rings is 2. The van der Waals surface area contributed by atoms with Crippen LogP contribution in [0, 0.1) is 0 Å². The van der Waals surface area contributed by atoms with Crippen LogP contribution in [0.1, 0.15) is 10.9 Å². The quantitative estimate of drug-likeness (QED) is 0.850. The predicted molar refractivity (Wildman–Crippen MR) is 78.4 cm³/mol. The molecule has 0 fully saturated rings. The van der Waals surface area contributed by atoms with Gasteiger partial charge in [0, 0.05) is 0 Å². The van der Waals surface area contributed by atoms with Gasteiger partial charge in [0.05, 0.1) is 11.4 Å². The van der Waals surface area contributed by atoms with Crippen LogP contribution < -0.4 is 5.32 Å². The van der Waals surface area contributed by atoms with E-state index in [0.29, 0.717) is 5.56 Å². The van der Waals surface area contributed by atoms with Crippen molar-refractivity contribution in [3.8, 4) is 0 Å². The molecule has 0 aliphatic rings. The summed E-state index contributed by atoms with van der Waals surface area (Å²) < 4.78 is 25.4. The molecule has 2 aromatic carbocycles. The maximum Gasteiger partial charge on any atom is 0.317 e. The minimum absolute atomic E-state index is 0.150. The van der Waals surface area contributed by atoms with Crippen LogP contribution in [-0.2, 0) is 14.6 Å². The number of nitrogens with one attached hydrogen (secondary N) is 1. The highest BCUT2D eigenvalue weighted by molar-refractivity contribution is 7.91. The van der Waals surface area contributed by atoms with Crippen molar-refractivity contribution in [3.05, 3.63) is 66.2 Å². The fourth-order valence-corrected chi connectivity index (χ4v) is 3.59. The summed E-state index contributed by atoms with van der Waals surface area (Å²) in [5, 5.41) is 10.3. The zero-order valence-corrected chi connectivity index (χ0v) is 12.0. The van der Waals surface area contributed by atoms with Crippen LogP contribution in [0.3, 0.4) is 0 Å². The molecule has 0 spiro atoms. The first-order valence-electron chi connectivity index (χ1n) is 6.31. The number of rotatable bonds is 6. The highest BCUT2D eigenvalue weighted by Gasteiger charge is 2.28. The van der Waals surface area contributed by atoms with Gasteiger partial charge in [-0.25, -0.2) is 8.42 Å². The number of aliphatic carboxylic acids is 1. The molecular weight excluding hydrogens is 290 g/mol. The summed E-state index contributed by atoms with van der Waals surface area (Å²) in [7, 11) is -3.72. The van der Waals surface area contributed by atoms with Gasteiger partial charge < -0.3 is 5.11 Å². The molecule has 0 bridgehead atoms. The summed E-state index contributed by atoms with van der Waals surface area (Å²) in [4.78, 5) is 10.9. The van der Waals surface area contributed by atoms with E-state index < -0.39 is 27.7 Å². The van der Waals surface area contributed by atoms with E-state index in [1.54, 1.807) is 48.5 Å². The van der Waals surface area contributed by atoms with Gasteiger partial charge in [-0.05, 0) is 17.7 Å². The van der Waals surface area contributed by atoms with Gasteiger partial charge in [0.15, 0.2) is 9.84 Å². The van der Waals surface area contributed by atoms with Crippen molar-refractivity contribution in [2.75, 3.05) is 6.54 Å². The number of sulfone groups is 1. The highest BCUT2D eigenvalue weighted by atomic mass is 32.2. The van der Waals surface area contributed by atoms with E-state index in [-0.39, 0.29) is 4.90 Å². The van der Waals surface area contributed by atoms with Crippen LogP contribution in [0.25, 0.3) is 0 Å². The van der Waals surface area contributed by atoms with Gasteiger partial charge in [-0.15, -0.1) is 0 Å². The smallest absolute Gasteiger partial charge is 0.317 e. The molecule has 1 atom stereocenters. The first-order valence-corrected chi connectivity index (χ1v) is 7.85. The van der Waals surface area contributed by atoms with Crippen LogP contribution >= 0.6 is 0 Å². The van der Waals surface area contributed by atoms with Crippen LogP contribution in [0.4, 0.5) is 0 Å². The minimum Gasteiger partial charge on any atom is -0.480 e. The molecule has 0 aliphatic heterocycles. The van der Waals surface area contributed by atoms with E-state index >= 15 is 0 Å². The van der Waals surface area contributed by atoms with Crippen LogP contribution in [0.2, 0.25) is 0 Å². The van der Waals surface area contributed by atoms with E-state index in [0.717, 1.165) is 0 Å². The normalized spacial score (nSPS) is 12.8. The number of carbonyl (C=O) groups is 1. The maximum atomic E-state index is 12.7. The molecule has 0 saturated carbocycles. The van der Waals surface area contributed by atoms with Gasteiger partial charge in [-0.3, -0.25) is 10.1 Å². The Hall–Kier alpha value is -2.18. The fourth-order valence-electron chi connectivity index (χ4n) is 1.96. The van der Waals surface area contributed by atoms with Crippen molar-refractivity contribution >= 4 is 15.8 Å². The number of hydrogen-bond acceptors (Lipinski definition) is 4. The Kier molecular flexibility index (Phi) is 4.72. The van der Waals surface area contributed by atoms with Crippen LogP contribution in [0.15, 0.2) is 65.6 Å². The third kappa shape index (κ3) is 3.68.